The summed E-state index contributed by atoms with van der Waals surface area (Å²) in [6.45, 7) is 3.98. The predicted molar refractivity (Wildman–Crippen MR) is 116 cm³/mol. The van der Waals surface area contributed by atoms with E-state index in [1.54, 1.807) is 24.3 Å². The Morgan fingerprint density at radius 3 is 2.74 bits per heavy atom. The lowest BCUT2D eigenvalue weighted by Crippen LogP contribution is -2.42. The number of benzene rings is 1. The SMILES string of the molecule is CC(C)NC(=O)CN(C)CC(=O)N1N=C(c2cc3ccccc3o2)C[C@@H]1c1ccco1. The Labute approximate surface area is 180 Å². The van der Waals surface area contributed by atoms with Crippen molar-refractivity contribution in [1.82, 2.24) is 15.2 Å². The standard InChI is InChI=1S/C23H26N4O4/c1-15(2)24-22(28)13-26(3)14-23(29)27-18(20-9-6-10-30-20)12-17(25-27)21-11-16-7-4-5-8-19(16)31-21/h4-11,15,18H,12-14H2,1-3H3,(H,24,28)/t18-/m1/s1. The summed E-state index contributed by atoms with van der Waals surface area (Å²) < 4.78 is 11.5. The quantitative estimate of drug-likeness (QED) is 0.632. The molecule has 0 aliphatic carbocycles. The number of para-hydroxylation sites is 1. The normalized spacial score (nSPS) is 16.4. The summed E-state index contributed by atoms with van der Waals surface area (Å²) in [7, 11) is 1.74. The molecule has 3 heterocycles. The number of amides is 2. The van der Waals surface area contributed by atoms with E-state index in [-0.39, 0.29) is 37.0 Å². The molecule has 8 heteroatoms. The van der Waals surface area contributed by atoms with Crippen molar-refractivity contribution in [3.05, 3.63) is 60.2 Å². The molecule has 2 amide bonds. The summed E-state index contributed by atoms with van der Waals surface area (Å²) in [6, 6.07) is 13.0. The van der Waals surface area contributed by atoms with Crippen molar-refractivity contribution in [2.24, 2.45) is 5.10 Å². The maximum Gasteiger partial charge on any atom is 0.257 e. The Morgan fingerprint density at radius 2 is 2.03 bits per heavy atom. The van der Waals surface area contributed by atoms with E-state index in [2.05, 4.69) is 10.4 Å². The van der Waals surface area contributed by atoms with Crippen molar-refractivity contribution >= 4 is 28.5 Å². The number of carbonyl (C=O) groups is 2. The Balaban J connectivity index is 1.53. The van der Waals surface area contributed by atoms with Gasteiger partial charge in [0.05, 0.1) is 19.4 Å². The predicted octanol–water partition coefficient (Wildman–Crippen LogP) is 3.16. The van der Waals surface area contributed by atoms with Gasteiger partial charge in [-0.1, -0.05) is 18.2 Å². The third-order valence-corrected chi connectivity index (χ3v) is 5.02. The van der Waals surface area contributed by atoms with Crippen molar-refractivity contribution in [3.8, 4) is 0 Å². The third kappa shape index (κ3) is 4.69. The monoisotopic (exact) mass is 422 g/mol. The Morgan fingerprint density at radius 1 is 1.23 bits per heavy atom. The van der Waals surface area contributed by atoms with Crippen molar-refractivity contribution in [1.29, 1.82) is 0 Å². The lowest BCUT2D eigenvalue weighted by molar-refractivity contribution is -0.134. The number of hydrazone groups is 1. The maximum atomic E-state index is 13.1. The highest BCUT2D eigenvalue weighted by molar-refractivity contribution is 6.03. The Hall–Kier alpha value is -3.39. The number of hydrogen-bond acceptors (Lipinski definition) is 6. The maximum absolute atomic E-state index is 13.1. The second kappa shape index (κ2) is 8.77. The largest absolute Gasteiger partial charge is 0.467 e. The molecule has 4 rings (SSSR count). The van der Waals surface area contributed by atoms with Crippen LogP contribution in [0.15, 0.2) is 62.7 Å². The van der Waals surface area contributed by atoms with Crippen LogP contribution >= 0.6 is 0 Å². The van der Waals surface area contributed by atoms with Gasteiger partial charge in [-0.3, -0.25) is 14.5 Å². The molecule has 3 aromatic rings. The van der Waals surface area contributed by atoms with Gasteiger partial charge in [0.15, 0.2) is 5.76 Å². The fourth-order valence-corrected chi connectivity index (χ4v) is 3.69. The van der Waals surface area contributed by atoms with E-state index in [9.17, 15) is 9.59 Å². The number of nitrogens with one attached hydrogen (secondary N) is 1. The van der Waals surface area contributed by atoms with Gasteiger partial charge < -0.3 is 14.2 Å². The van der Waals surface area contributed by atoms with E-state index in [0.29, 0.717) is 23.7 Å². The van der Waals surface area contributed by atoms with Crippen LogP contribution < -0.4 is 5.32 Å². The lowest BCUT2D eigenvalue weighted by atomic mass is 10.1. The summed E-state index contributed by atoms with van der Waals surface area (Å²) in [5.74, 6) is 0.953. The second-order valence-corrected chi connectivity index (χ2v) is 8.06. The smallest absolute Gasteiger partial charge is 0.257 e. The van der Waals surface area contributed by atoms with Crippen LogP contribution in [0.2, 0.25) is 0 Å². The average molecular weight is 422 g/mol. The summed E-state index contributed by atoms with van der Waals surface area (Å²) >= 11 is 0. The van der Waals surface area contributed by atoms with Crippen molar-refractivity contribution < 1.29 is 18.4 Å². The molecule has 0 spiro atoms. The molecule has 1 atom stereocenters. The third-order valence-electron chi connectivity index (χ3n) is 5.02. The van der Waals surface area contributed by atoms with E-state index in [1.165, 1.54) is 5.01 Å². The van der Waals surface area contributed by atoms with Crippen molar-refractivity contribution in [3.63, 3.8) is 0 Å². The molecule has 0 fully saturated rings. The van der Waals surface area contributed by atoms with Gasteiger partial charge in [-0.2, -0.15) is 5.10 Å². The van der Waals surface area contributed by atoms with Crippen LogP contribution in [0.3, 0.4) is 0 Å². The topological polar surface area (TPSA) is 91.3 Å². The second-order valence-electron chi connectivity index (χ2n) is 8.06. The molecule has 2 aromatic heterocycles. The van der Waals surface area contributed by atoms with Gasteiger partial charge in [0.25, 0.3) is 5.91 Å². The molecule has 0 unspecified atom stereocenters. The van der Waals surface area contributed by atoms with E-state index in [4.69, 9.17) is 8.83 Å². The molecule has 31 heavy (non-hydrogen) atoms. The van der Waals surface area contributed by atoms with Gasteiger partial charge >= 0.3 is 0 Å². The molecule has 1 aromatic carbocycles. The summed E-state index contributed by atoms with van der Waals surface area (Å²) in [5.41, 5.74) is 1.46. The van der Waals surface area contributed by atoms with Crippen molar-refractivity contribution in [2.75, 3.05) is 20.1 Å². The van der Waals surface area contributed by atoms with Crippen LogP contribution in [0.4, 0.5) is 0 Å². The minimum Gasteiger partial charge on any atom is -0.467 e. The zero-order valence-electron chi connectivity index (χ0n) is 17.9. The molecule has 0 bridgehead atoms. The zero-order chi connectivity index (χ0) is 22.0. The fraction of sp³-hybridized carbons (Fsp3) is 0.348. The van der Waals surface area contributed by atoms with Gasteiger partial charge in [0.1, 0.15) is 23.1 Å². The fourth-order valence-electron chi connectivity index (χ4n) is 3.69. The number of hydrogen-bond donors (Lipinski definition) is 1. The van der Waals surface area contributed by atoms with Gasteiger partial charge in [0, 0.05) is 17.8 Å². The molecule has 8 nitrogen and oxygen atoms in total. The van der Waals surface area contributed by atoms with E-state index in [1.807, 2.05) is 50.2 Å². The summed E-state index contributed by atoms with van der Waals surface area (Å²) in [6.07, 6.45) is 2.07. The first-order chi connectivity index (χ1) is 14.9. The first-order valence-corrected chi connectivity index (χ1v) is 10.3. The number of likely N-dealkylation sites (N-methyl/N-ethyl adjacent to an activating group) is 1. The van der Waals surface area contributed by atoms with Crippen LogP contribution in [0, 0.1) is 0 Å². The van der Waals surface area contributed by atoms with Crippen LogP contribution in [0.5, 0.6) is 0 Å². The molecule has 162 valence electrons. The number of fused-ring (bicyclic) bond motifs is 1. The molecular formula is C23H26N4O4. The highest BCUT2D eigenvalue weighted by Gasteiger charge is 2.36. The minimum atomic E-state index is -0.358. The Bertz CT molecular complexity index is 1070. The van der Waals surface area contributed by atoms with Crippen LogP contribution in [-0.4, -0.2) is 53.6 Å². The van der Waals surface area contributed by atoms with E-state index >= 15 is 0 Å². The van der Waals surface area contributed by atoms with E-state index < -0.39 is 0 Å². The first-order valence-electron chi connectivity index (χ1n) is 10.3. The summed E-state index contributed by atoms with van der Waals surface area (Å²) in [5, 5.41) is 9.84. The Kier molecular flexibility index (Phi) is 5.90. The van der Waals surface area contributed by atoms with Crippen LogP contribution in [0.25, 0.3) is 11.0 Å². The molecule has 1 aliphatic rings. The van der Waals surface area contributed by atoms with Gasteiger partial charge in [-0.15, -0.1) is 0 Å². The van der Waals surface area contributed by atoms with Gasteiger partial charge in [-0.05, 0) is 45.2 Å². The summed E-state index contributed by atoms with van der Waals surface area (Å²) in [4.78, 5) is 26.8. The highest BCUT2D eigenvalue weighted by Crippen LogP contribution is 2.34. The van der Waals surface area contributed by atoms with E-state index in [0.717, 1.165) is 11.0 Å². The molecule has 0 radical (unpaired) electrons. The number of rotatable bonds is 7. The number of nitrogens with zero attached hydrogens (tertiary/aromatic N) is 3. The molecule has 0 saturated heterocycles. The zero-order valence-corrected chi connectivity index (χ0v) is 17.9. The first kappa shape index (κ1) is 20.9. The van der Waals surface area contributed by atoms with Crippen LogP contribution in [0.1, 0.15) is 37.8 Å². The van der Waals surface area contributed by atoms with Gasteiger partial charge in [0.2, 0.25) is 5.91 Å². The molecule has 1 N–H and O–H groups in total. The van der Waals surface area contributed by atoms with Crippen LogP contribution in [-0.2, 0) is 9.59 Å². The molecule has 1 aliphatic heterocycles. The van der Waals surface area contributed by atoms with Crippen molar-refractivity contribution in [2.45, 2.75) is 32.4 Å². The minimum absolute atomic E-state index is 0.0504. The molecule has 0 saturated carbocycles. The number of carbonyl (C=O) groups excluding carboxylic acids is 2. The number of furan rings is 2. The van der Waals surface area contributed by atoms with Gasteiger partial charge in [-0.25, -0.2) is 5.01 Å². The highest BCUT2D eigenvalue weighted by atomic mass is 16.3. The lowest BCUT2D eigenvalue weighted by Gasteiger charge is -2.23. The average Bonchev–Trinajstić information content (AvgIpc) is 3.44. The molecular weight excluding hydrogens is 396 g/mol.